The maximum Gasteiger partial charge on any atom is 0.239 e. The molecular weight excluding hydrogens is 368 g/mol. The summed E-state index contributed by atoms with van der Waals surface area (Å²) in [6.45, 7) is 0.755. The molecule has 0 radical (unpaired) electrons. The van der Waals surface area contributed by atoms with Gasteiger partial charge in [0.05, 0.1) is 14.2 Å². The maximum absolute atomic E-state index is 12.7. The number of hydrogen-bond donors (Lipinski definition) is 1. The second kappa shape index (κ2) is 8.31. The monoisotopic (exact) mass is 388 g/mol. The van der Waals surface area contributed by atoms with Crippen LogP contribution in [0.25, 0.3) is 0 Å². The summed E-state index contributed by atoms with van der Waals surface area (Å²) in [6.07, 6.45) is 0.475. The fourth-order valence-electron chi connectivity index (χ4n) is 3.13. The molecule has 0 spiro atoms. The lowest BCUT2D eigenvalue weighted by molar-refractivity contribution is -0.132. The molecule has 7 heteroatoms. The first-order chi connectivity index (χ1) is 13.0. The summed E-state index contributed by atoms with van der Waals surface area (Å²) in [5, 5.41) is 3.44. The van der Waals surface area contributed by atoms with Crippen molar-refractivity contribution in [1.82, 2.24) is 5.32 Å². The Morgan fingerprint density at radius 1 is 1.19 bits per heavy atom. The minimum Gasteiger partial charge on any atom is -0.497 e. The second-order valence-electron chi connectivity index (χ2n) is 6.20. The molecule has 1 atom stereocenters. The van der Waals surface area contributed by atoms with Crippen LogP contribution in [-0.4, -0.2) is 32.6 Å². The number of methoxy groups -OCH3 is 2. The van der Waals surface area contributed by atoms with Gasteiger partial charge in [-0.05, 0) is 48.9 Å². The third kappa shape index (κ3) is 4.17. The molecule has 0 bridgehead atoms. The number of hydrogen-bond acceptors (Lipinski definition) is 4. The Morgan fingerprint density at radius 2 is 1.93 bits per heavy atom. The SMILES string of the molecule is COc1ccc(OC)c(CNC(=O)[C@H]2CCN(c3ccc(Cl)cc3)C2=O)c1. The van der Waals surface area contributed by atoms with Crippen LogP contribution in [0.4, 0.5) is 5.69 Å². The number of carbonyl (C=O) groups is 2. The number of nitrogens with one attached hydrogen (secondary N) is 1. The van der Waals surface area contributed by atoms with E-state index in [0.717, 1.165) is 11.3 Å². The Balaban J connectivity index is 1.65. The van der Waals surface area contributed by atoms with E-state index < -0.39 is 5.92 Å². The third-order valence-corrected chi connectivity index (χ3v) is 4.85. The van der Waals surface area contributed by atoms with E-state index in [1.165, 1.54) is 0 Å². The average molecular weight is 389 g/mol. The van der Waals surface area contributed by atoms with Crippen molar-refractivity contribution >= 4 is 29.1 Å². The van der Waals surface area contributed by atoms with Crippen molar-refractivity contribution in [3.05, 3.63) is 53.1 Å². The Kier molecular flexibility index (Phi) is 5.86. The number of rotatable bonds is 6. The lowest BCUT2D eigenvalue weighted by atomic mass is 10.1. The molecule has 0 aliphatic carbocycles. The van der Waals surface area contributed by atoms with Gasteiger partial charge in [0.2, 0.25) is 11.8 Å². The Labute approximate surface area is 163 Å². The van der Waals surface area contributed by atoms with Gasteiger partial charge in [-0.25, -0.2) is 0 Å². The van der Waals surface area contributed by atoms with Crippen molar-refractivity contribution in [3.8, 4) is 11.5 Å². The summed E-state index contributed by atoms with van der Waals surface area (Å²) in [5.41, 5.74) is 1.53. The van der Waals surface area contributed by atoms with Crippen LogP contribution in [0, 0.1) is 5.92 Å². The van der Waals surface area contributed by atoms with E-state index in [2.05, 4.69) is 5.32 Å². The molecule has 27 heavy (non-hydrogen) atoms. The molecule has 1 N–H and O–H groups in total. The predicted octanol–water partition coefficient (Wildman–Crippen LogP) is 3.03. The summed E-state index contributed by atoms with van der Waals surface area (Å²) in [6, 6.07) is 12.4. The fraction of sp³-hybridized carbons (Fsp3) is 0.300. The topological polar surface area (TPSA) is 67.9 Å². The first kappa shape index (κ1) is 19.0. The molecule has 0 unspecified atom stereocenters. The number of carbonyl (C=O) groups excluding carboxylic acids is 2. The fourth-order valence-corrected chi connectivity index (χ4v) is 3.25. The van der Waals surface area contributed by atoms with Crippen molar-refractivity contribution < 1.29 is 19.1 Å². The van der Waals surface area contributed by atoms with Crippen LogP contribution in [0.1, 0.15) is 12.0 Å². The van der Waals surface area contributed by atoms with E-state index in [0.29, 0.717) is 29.5 Å². The van der Waals surface area contributed by atoms with Gasteiger partial charge in [-0.3, -0.25) is 9.59 Å². The number of ether oxygens (including phenoxy) is 2. The summed E-state index contributed by atoms with van der Waals surface area (Å²) in [7, 11) is 3.14. The summed E-state index contributed by atoms with van der Waals surface area (Å²) in [4.78, 5) is 26.8. The zero-order chi connectivity index (χ0) is 19.4. The highest BCUT2D eigenvalue weighted by molar-refractivity contribution is 6.30. The Hall–Kier alpha value is -2.73. The van der Waals surface area contributed by atoms with Crippen LogP contribution in [-0.2, 0) is 16.1 Å². The van der Waals surface area contributed by atoms with Crippen LogP contribution in [0.3, 0.4) is 0 Å². The first-order valence-corrected chi connectivity index (χ1v) is 8.97. The molecule has 6 nitrogen and oxygen atoms in total. The van der Waals surface area contributed by atoms with Crippen molar-refractivity contribution in [1.29, 1.82) is 0 Å². The minimum absolute atomic E-state index is 0.201. The van der Waals surface area contributed by atoms with E-state index in [1.807, 2.05) is 0 Å². The molecule has 1 aliphatic rings. The molecule has 1 fully saturated rings. The van der Waals surface area contributed by atoms with Crippen LogP contribution >= 0.6 is 11.6 Å². The standard InChI is InChI=1S/C20H21ClN2O4/c1-26-16-7-8-18(27-2)13(11-16)12-22-19(24)17-9-10-23(20(17)25)15-5-3-14(21)4-6-15/h3-8,11,17H,9-10,12H2,1-2H3,(H,22,24)/t17-/m1/s1. The van der Waals surface area contributed by atoms with Crippen LogP contribution in [0.15, 0.2) is 42.5 Å². The van der Waals surface area contributed by atoms with E-state index >= 15 is 0 Å². The van der Waals surface area contributed by atoms with E-state index in [9.17, 15) is 9.59 Å². The highest BCUT2D eigenvalue weighted by Gasteiger charge is 2.37. The molecule has 142 valence electrons. The van der Waals surface area contributed by atoms with Crippen LogP contribution in [0.5, 0.6) is 11.5 Å². The predicted molar refractivity (Wildman–Crippen MR) is 103 cm³/mol. The van der Waals surface area contributed by atoms with Gasteiger partial charge in [0.1, 0.15) is 17.4 Å². The van der Waals surface area contributed by atoms with Gasteiger partial charge < -0.3 is 19.7 Å². The summed E-state index contributed by atoms with van der Waals surface area (Å²) >= 11 is 5.89. The van der Waals surface area contributed by atoms with Crippen LogP contribution < -0.4 is 19.7 Å². The smallest absolute Gasteiger partial charge is 0.239 e. The molecule has 2 amide bonds. The van der Waals surface area contributed by atoms with Gasteiger partial charge >= 0.3 is 0 Å². The number of benzene rings is 2. The number of amides is 2. The molecule has 1 heterocycles. The highest BCUT2D eigenvalue weighted by atomic mass is 35.5. The molecule has 1 saturated heterocycles. The minimum atomic E-state index is -0.697. The van der Waals surface area contributed by atoms with Crippen LogP contribution in [0.2, 0.25) is 5.02 Å². The number of halogens is 1. The van der Waals surface area contributed by atoms with Crippen molar-refractivity contribution in [2.24, 2.45) is 5.92 Å². The Morgan fingerprint density at radius 3 is 2.59 bits per heavy atom. The normalized spacial score (nSPS) is 16.3. The molecule has 0 saturated carbocycles. The second-order valence-corrected chi connectivity index (χ2v) is 6.64. The van der Waals surface area contributed by atoms with Gasteiger partial charge in [-0.1, -0.05) is 11.6 Å². The highest BCUT2D eigenvalue weighted by Crippen LogP contribution is 2.27. The largest absolute Gasteiger partial charge is 0.497 e. The molecule has 2 aromatic rings. The first-order valence-electron chi connectivity index (χ1n) is 8.59. The average Bonchev–Trinajstić information content (AvgIpc) is 3.08. The molecular formula is C20H21ClN2O4. The van der Waals surface area contributed by atoms with E-state index in [-0.39, 0.29) is 18.4 Å². The zero-order valence-corrected chi connectivity index (χ0v) is 16.0. The van der Waals surface area contributed by atoms with E-state index in [4.69, 9.17) is 21.1 Å². The quantitative estimate of drug-likeness (QED) is 0.772. The van der Waals surface area contributed by atoms with Gasteiger partial charge in [-0.2, -0.15) is 0 Å². The number of anilines is 1. The molecule has 3 rings (SSSR count). The summed E-state index contributed by atoms with van der Waals surface area (Å²) in [5.74, 6) is 0.133. The van der Waals surface area contributed by atoms with Gasteiger partial charge in [0.25, 0.3) is 0 Å². The Bertz CT molecular complexity index is 838. The summed E-state index contributed by atoms with van der Waals surface area (Å²) < 4.78 is 10.5. The van der Waals surface area contributed by atoms with Crippen molar-refractivity contribution in [3.63, 3.8) is 0 Å². The third-order valence-electron chi connectivity index (χ3n) is 4.60. The van der Waals surface area contributed by atoms with Crippen molar-refractivity contribution in [2.45, 2.75) is 13.0 Å². The van der Waals surface area contributed by atoms with Crippen molar-refractivity contribution in [2.75, 3.05) is 25.7 Å². The van der Waals surface area contributed by atoms with E-state index in [1.54, 1.807) is 61.6 Å². The van der Waals surface area contributed by atoms with Gasteiger partial charge in [0, 0.05) is 29.4 Å². The molecule has 2 aromatic carbocycles. The molecule has 1 aliphatic heterocycles. The number of nitrogens with zero attached hydrogens (tertiary/aromatic N) is 1. The molecule has 0 aromatic heterocycles. The lowest BCUT2D eigenvalue weighted by Gasteiger charge is -2.17. The zero-order valence-electron chi connectivity index (χ0n) is 15.2. The lowest BCUT2D eigenvalue weighted by Crippen LogP contribution is -2.36. The maximum atomic E-state index is 12.7. The van der Waals surface area contributed by atoms with Gasteiger partial charge in [0.15, 0.2) is 0 Å². The van der Waals surface area contributed by atoms with Gasteiger partial charge in [-0.15, -0.1) is 0 Å².